The van der Waals surface area contributed by atoms with Crippen LogP contribution in [0.5, 0.6) is 0 Å². The third-order valence-corrected chi connectivity index (χ3v) is 2.31. The van der Waals surface area contributed by atoms with Gasteiger partial charge in [-0.1, -0.05) is 0 Å². The predicted molar refractivity (Wildman–Crippen MR) is 31.9 cm³/mol. The van der Waals surface area contributed by atoms with Crippen molar-refractivity contribution in [2.24, 2.45) is 0 Å². The summed E-state index contributed by atoms with van der Waals surface area (Å²) >= 11 is 0. The number of hydrogen-bond donors (Lipinski definition) is 0. The Morgan fingerprint density at radius 1 is 0.667 bits per heavy atom. The fraction of sp³-hybridized carbons (Fsp3) is 1.00. The Balaban J connectivity index is 2.69. The average molecular weight is 220 g/mol. The summed E-state index contributed by atoms with van der Waals surface area (Å²) in [5, 5.41) is 0. The van der Waals surface area contributed by atoms with E-state index in [1.807, 2.05) is 0 Å². The zero-order chi connectivity index (χ0) is 9.24. The summed E-state index contributed by atoms with van der Waals surface area (Å²) in [5.41, 5.74) is 0. The molecule has 0 atom stereocenters. The molecule has 0 unspecified atom stereocenters. The standard InChI is InChI=1S/C2H4O8S2/c3-11(4)7-1-8-12(5,6)10-2-9-11/h1-2H2. The third kappa shape index (κ3) is 3.00. The van der Waals surface area contributed by atoms with E-state index in [-0.39, 0.29) is 0 Å². The molecule has 12 heavy (non-hydrogen) atoms. The van der Waals surface area contributed by atoms with E-state index < -0.39 is 34.4 Å². The summed E-state index contributed by atoms with van der Waals surface area (Å²) in [4.78, 5) is 0. The van der Waals surface area contributed by atoms with Gasteiger partial charge in [0.05, 0.1) is 0 Å². The molecule has 0 N–H and O–H groups in total. The predicted octanol–water partition coefficient (Wildman–Crippen LogP) is -1.53. The molecule has 0 aromatic carbocycles. The zero-order valence-corrected chi connectivity index (χ0v) is 7.13. The van der Waals surface area contributed by atoms with Crippen LogP contribution in [0.3, 0.4) is 0 Å². The minimum Gasteiger partial charge on any atom is -0.218 e. The molecule has 0 aliphatic carbocycles. The average Bonchev–Trinajstić information content (AvgIpc) is 1.82. The highest BCUT2D eigenvalue weighted by molar-refractivity contribution is 7.82. The van der Waals surface area contributed by atoms with E-state index in [0.717, 1.165) is 0 Å². The highest BCUT2D eigenvalue weighted by Gasteiger charge is 2.22. The van der Waals surface area contributed by atoms with Crippen LogP contribution >= 0.6 is 0 Å². The van der Waals surface area contributed by atoms with Gasteiger partial charge in [0.15, 0.2) is 13.6 Å². The molecule has 1 fully saturated rings. The van der Waals surface area contributed by atoms with Crippen LogP contribution in [0.1, 0.15) is 0 Å². The lowest BCUT2D eigenvalue weighted by Gasteiger charge is -2.10. The molecule has 0 bridgehead atoms. The molecule has 8 nitrogen and oxygen atoms in total. The summed E-state index contributed by atoms with van der Waals surface area (Å²) in [7, 11) is -8.41. The van der Waals surface area contributed by atoms with E-state index in [9.17, 15) is 16.8 Å². The molecular formula is C2H4O8S2. The van der Waals surface area contributed by atoms with Crippen molar-refractivity contribution in [1.29, 1.82) is 0 Å². The fourth-order valence-corrected chi connectivity index (χ4v) is 1.26. The normalized spacial score (nSPS) is 28.7. The van der Waals surface area contributed by atoms with Crippen molar-refractivity contribution < 1.29 is 33.6 Å². The lowest BCUT2D eigenvalue weighted by Crippen LogP contribution is -2.23. The van der Waals surface area contributed by atoms with Crippen molar-refractivity contribution in [3.8, 4) is 0 Å². The van der Waals surface area contributed by atoms with Crippen LogP contribution < -0.4 is 0 Å². The summed E-state index contributed by atoms with van der Waals surface area (Å²) in [6, 6.07) is 0. The van der Waals surface area contributed by atoms with Gasteiger partial charge < -0.3 is 0 Å². The Labute approximate surface area is 68.6 Å². The maximum absolute atomic E-state index is 10.4. The first-order valence-electron chi connectivity index (χ1n) is 2.49. The van der Waals surface area contributed by atoms with Crippen LogP contribution in [0.2, 0.25) is 0 Å². The van der Waals surface area contributed by atoms with Crippen LogP contribution in [-0.4, -0.2) is 30.4 Å². The maximum atomic E-state index is 10.4. The van der Waals surface area contributed by atoms with E-state index in [1.165, 1.54) is 0 Å². The van der Waals surface area contributed by atoms with Gasteiger partial charge in [-0.15, -0.1) is 0 Å². The minimum atomic E-state index is -4.21. The maximum Gasteiger partial charge on any atom is 0.404 e. The molecule has 0 amide bonds. The second-order valence-corrected chi connectivity index (χ2v) is 4.10. The SMILES string of the molecule is O=S1(=O)OCOS(=O)(=O)OCO1. The van der Waals surface area contributed by atoms with Crippen LogP contribution in [0.15, 0.2) is 0 Å². The molecule has 1 rings (SSSR count). The topological polar surface area (TPSA) is 105 Å². The summed E-state index contributed by atoms with van der Waals surface area (Å²) in [5.74, 6) is 0. The van der Waals surface area contributed by atoms with Gasteiger partial charge in [0.1, 0.15) is 0 Å². The molecule has 0 aromatic heterocycles. The molecular weight excluding hydrogens is 216 g/mol. The largest absolute Gasteiger partial charge is 0.404 e. The Hall–Kier alpha value is -0.260. The number of hydrogen-bond acceptors (Lipinski definition) is 8. The number of rotatable bonds is 0. The van der Waals surface area contributed by atoms with Crippen molar-refractivity contribution in [3.05, 3.63) is 0 Å². The first-order chi connectivity index (χ1) is 5.41. The van der Waals surface area contributed by atoms with Gasteiger partial charge in [-0.05, 0) is 0 Å². The van der Waals surface area contributed by atoms with E-state index in [2.05, 4.69) is 16.7 Å². The van der Waals surface area contributed by atoms with Crippen molar-refractivity contribution in [2.75, 3.05) is 13.6 Å². The lowest BCUT2D eigenvalue weighted by molar-refractivity contribution is 0.0232. The molecule has 1 aliphatic heterocycles. The first-order valence-corrected chi connectivity index (χ1v) is 5.15. The highest BCUT2D eigenvalue weighted by Crippen LogP contribution is 2.05. The lowest BCUT2D eigenvalue weighted by atomic mass is 11.6. The Morgan fingerprint density at radius 3 is 1.17 bits per heavy atom. The minimum absolute atomic E-state index is 0.995. The molecule has 0 spiro atoms. The third-order valence-electron chi connectivity index (χ3n) is 0.770. The highest BCUT2D eigenvalue weighted by atomic mass is 32.3. The zero-order valence-electron chi connectivity index (χ0n) is 5.50. The quantitative estimate of drug-likeness (QED) is 0.484. The Kier molecular flexibility index (Phi) is 2.65. The Bertz CT molecular complexity index is 279. The van der Waals surface area contributed by atoms with Crippen molar-refractivity contribution in [3.63, 3.8) is 0 Å². The molecule has 0 radical (unpaired) electrons. The molecule has 1 heterocycles. The van der Waals surface area contributed by atoms with Crippen LogP contribution in [0.25, 0.3) is 0 Å². The van der Waals surface area contributed by atoms with Crippen molar-refractivity contribution in [1.82, 2.24) is 0 Å². The van der Waals surface area contributed by atoms with E-state index >= 15 is 0 Å². The summed E-state index contributed by atoms with van der Waals surface area (Å²) in [6.07, 6.45) is 0. The van der Waals surface area contributed by atoms with E-state index in [4.69, 9.17) is 0 Å². The fourth-order valence-electron chi connectivity index (χ4n) is 0.343. The van der Waals surface area contributed by atoms with E-state index in [1.54, 1.807) is 0 Å². The molecule has 0 saturated carbocycles. The molecule has 1 aliphatic rings. The van der Waals surface area contributed by atoms with Gasteiger partial charge >= 0.3 is 20.8 Å². The summed E-state index contributed by atoms with van der Waals surface area (Å²) < 4.78 is 57.2. The first kappa shape index (κ1) is 9.83. The van der Waals surface area contributed by atoms with Crippen molar-refractivity contribution in [2.45, 2.75) is 0 Å². The van der Waals surface area contributed by atoms with Gasteiger partial charge in [-0.25, -0.2) is 16.7 Å². The monoisotopic (exact) mass is 220 g/mol. The molecule has 0 aromatic rings. The van der Waals surface area contributed by atoms with Gasteiger partial charge in [-0.2, -0.15) is 16.8 Å². The second kappa shape index (κ2) is 3.24. The van der Waals surface area contributed by atoms with Gasteiger partial charge in [0.2, 0.25) is 0 Å². The van der Waals surface area contributed by atoms with Gasteiger partial charge in [0, 0.05) is 0 Å². The van der Waals surface area contributed by atoms with E-state index in [0.29, 0.717) is 0 Å². The molecule has 1 saturated heterocycles. The molecule has 72 valence electrons. The van der Waals surface area contributed by atoms with Crippen LogP contribution in [-0.2, 0) is 37.5 Å². The second-order valence-electron chi connectivity index (χ2n) is 1.52. The van der Waals surface area contributed by atoms with Crippen molar-refractivity contribution >= 4 is 20.8 Å². The smallest absolute Gasteiger partial charge is 0.218 e. The summed E-state index contributed by atoms with van der Waals surface area (Å²) in [6.45, 7) is -1.99. The van der Waals surface area contributed by atoms with Gasteiger partial charge in [0.25, 0.3) is 0 Å². The molecule has 10 heteroatoms. The van der Waals surface area contributed by atoms with Gasteiger partial charge in [-0.3, -0.25) is 0 Å². The van der Waals surface area contributed by atoms with Crippen LogP contribution in [0.4, 0.5) is 0 Å². The Morgan fingerprint density at radius 2 is 0.917 bits per heavy atom. The van der Waals surface area contributed by atoms with Crippen LogP contribution in [0, 0.1) is 0 Å².